The number of aliphatic hydroxyl groups is 1. The summed E-state index contributed by atoms with van der Waals surface area (Å²) in [4.78, 5) is 73.3. The van der Waals surface area contributed by atoms with Crippen molar-refractivity contribution >= 4 is 39.5 Å². The normalized spacial score (nSPS) is 14.3. The minimum Gasteiger partial charge on any atom is -0.462 e. The summed E-state index contributed by atoms with van der Waals surface area (Å²) in [6.45, 7) is 12.1. The van der Waals surface area contributed by atoms with E-state index in [1.54, 1.807) is 0 Å². The number of carbonyl (C=O) groups is 4. The first-order chi connectivity index (χ1) is 52.8. The van der Waals surface area contributed by atoms with Crippen molar-refractivity contribution in [3.63, 3.8) is 0 Å². The second-order valence-electron chi connectivity index (χ2n) is 33.3. The van der Waals surface area contributed by atoms with Crippen LogP contribution in [-0.4, -0.2) is 96.7 Å². The maximum atomic E-state index is 13.2. The van der Waals surface area contributed by atoms with Gasteiger partial charge in [-0.05, 0) is 43.4 Å². The van der Waals surface area contributed by atoms with Gasteiger partial charge in [0.05, 0.1) is 26.4 Å². The zero-order valence-corrected chi connectivity index (χ0v) is 73.8. The molecule has 0 aliphatic heterocycles. The Balaban J connectivity index is 5.22. The van der Waals surface area contributed by atoms with Gasteiger partial charge >= 0.3 is 39.5 Å². The molecule has 0 spiro atoms. The summed E-state index contributed by atoms with van der Waals surface area (Å²) in [5, 5.41) is 10.7. The summed E-state index contributed by atoms with van der Waals surface area (Å²) in [7, 11) is -9.93. The number of ether oxygens (including phenoxy) is 4. The van der Waals surface area contributed by atoms with Crippen LogP contribution in [0.15, 0.2) is 0 Å². The van der Waals surface area contributed by atoms with Crippen LogP contribution in [-0.2, 0) is 65.4 Å². The van der Waals surface area contributed by atoms with Crippen LogP contribution in [0.2, 0.25) is 0 Å². The van der Waals surface area contributed by atoms with E-state index < -0.39 is 97.5 Å². The summed E-state index contributed by atoms with van der Waals surface area (Å²) >= 11 is 0. The summed E-state index contributed by atoms with van der Waals surface area (Å²) in [5.74, 6) is 0.371. The van der Waals surface area contributed by atoms with Gasteiger partial charge in [0.15, 0.2) is 12.2 Å². The maximum Gasteiger partial charge on any atom is 0.472 e. The molecule has 0 radical (unpaired) electrons. The molecular formula is C90H176O17P2. The Morgan fingerprint density at radius 1 is 0.266 bits per heavy atom. The van der Waals surface area contributed by atoms with Gasteiger partial charge < -0.3 is 33.8 Å². The lowest BCUT2D eigenvalue weighted by Crippen LogP contribution is -2.30. The van der Waals surface area contributed by atoms with Crippen LogP contribution in [0.3, 0.4) is 0 Å². The molecule has 3 N–H and O–H groups in total. The van der Waals surface area contributed by atoms with Crippen molar-refractivity contribution < 1.29 is 80.2 Å². The zero-order valence-electron chi connectivity index (χ0n) is 72.0. The Kier molecular flexibility index (Phi) is 78.5. The van der Waals surface area contributed by atoms with E-state index in [4.69, 9.17) is 37.0 Å². The first-order valence-corrected chi connectivity index (χ1v) is 49.4. The van der Waals surface area contributed by atoms with Gasteiger partial charge in [-0.15, -0.1) is 0 Å². The number of rotatable bonds is 88. The molecule has 0 bridgehead atoms. The minimum absolute atomic E-state index is 0.108. The highest BCUT2D eigenvalue weighted by atomic mass is 31.2. The lowest BCUT2D eigenvalue weighted by molar-refractivity contribution is -0.161. The van der Waals surface area contributed by atoms with Crippen molar-refractivity contribution in [2.24, 2.45) is 17.8 Å². The molecule has 0 aromatic rings. The van der Waals surface area contributed by atoms with Crippen molar-refractivity contribution in [2.45, 2.75) is 497 Å². The topological polar surface area (TPSA) is 237 Å². The molecule has 0 aliphatic carbocycles. The SMILES string of the molecule is CCCCCCCCCCCCCCCCC(=O)O[C@H](COC(=O)CCCCCCCCCCC(C)C)COP(=O)(O)OC[C@H](O)COP(=O)(O)OC[C@@H](COC(=O)CCCCCCCCCCCCCCCCCCCCC(C)CC)OC(=O)CCCCCCCCCCCCCCCCCCCCC(C)CC. The van der Waals surface area contributed by atoms with Gasteiger partial charge in [0.2, 0.25) is 0 Å². The third-order valence-electron chi connectivity index (χ3n) is 21.9. The molecule has 0 aromatic heterocycles. The standard InChI is InChI=1S/C90H176O17P2/c1-8-11-12-13-14-15-16-17-32-38-43-52-59-66-73-89(94)107-86(78-101-88(93)72-65-58-51-46-45-47-54-61-68-81(4)5)80-105-109(98,99)103-76-84(91)75-102-108(96,97)104-79-85(106-90(95)74-67-60-53-44-39-34-29-25-21-19-23-27-31-36-41-49-56-63-70-83(7)10-3)77-100-87(92)71-64-57-50-42-37-33-28-24-20-18-22-26-30-35-40-48-55-62-69-82(6)9-2/h81-86,91H,8-80H2,1-7H3,(H,96,97)(H,98,99)/t82?,83?,84-,85-,86-/m1/s1. The quantitative estimate of drug-likeness (QED) is 0.0222. The van der Waals surface area contributed by atoms with Crippen LogP contribution in [0.25, 0.3) is 0 Å². The second kappa shape index (κ2) is 79.9. The monoisotopic (exact) mass is 1590 g/mol. The Morgan fingerprint density at radius 3 is 0.697 bits per heavy atom. The summed E-state index contributed by atoms with van der Waals surface area (Å²) < 4.78 is 69.0. The first-order valence-electron chi connectivity index (χ1n) is 46.4. The molecule has 109 heavy (non-hydrogen) atoms. The molecule has 0 saturated heterocycles. The van der Waals surface area contributed by atoms with Crippen LogP contribution in [0.4, 0.5) is 0 Å². The molecule has 7 atom stereocenters. The van der Waals surface area contributed by atoms with Crippen LogP contribution >= 0.6 is 15.6 Å². The molecule has 648 valence electrons. The number of unbranched alkanes of at least 4 members (excludes halogenated alkanes) is 54. The van der Waals surface area contributed by atoms with Crippen molar-refractivity contribution in [2.75, 3.05) is 39.6 Å². The van der Waals surface area contributed by atoms with Crippen molar-refractivity contribution in [3.05, 3.63) is 0 Å². The van der Waals surface area contributed by atoms with Gasteiger partial charge in [0.1, 0.15) is 19.3 Å². The second-order valence-corrected chi connectivity index (χ2v) is 36.2. The average molecular weight is 1590 g/mol. The van der Waals surface area contributed by atoms with E-state index in [9.17, 15) is 43.2 Å². The molecule has 0 aliphatic rings. The summed E-state index contributed by atoms with van der Waals surface area (Å²) in [5.41, 5.74) is 0. The molecule has 17 nitrogen and oxygen atoms in total. The molecule has 0 heterocycles. The highest BCUT2D eigenvalue weighted by molar-refractivity contribution is 7.47. The van der Waals surface area contributed by atoms with Gasteiger partial charge in [0.25, 0.3) is 0 Å². The predicted molar refractivity (Wildman–Crippen MR) is 451 cm³/mol. The van der Waals surface area contributed by atoms with Gasteiger partial charge in [0, 0.05) is 25.7 Å². The molecule has 4 unspecified atom stereocenters. The van der Waals surface area contributed by atoms with Crippen LogP contribution in [0.5, 0.6) is 0 Å². The maximum absolute atomic E-state index is 13.2. The van der Waals surface area contributed by atoms with Gasteiger partial charge in [-0.3, -0.25) is 37.3 Å². The van der Waals surface area contributed by atoms with Gasteiger partial charge in [-0.2, -0.15) is 0 Å². The minimum atomic E-state index is -4.97. The van der Waals surface area contributed by atoms with E-state index >= 15 is 0 Å². The zero-order chi connectivity index (χ0) is 80.0. The molecule has 0 rings (SSSR count). The Labute approximate surface area is 670 Å². The molecule has 19 heteroatoms. The molecular weight excluding hydrogens is 1410 g/mol. The van der Waals surface area contributed by atoms with Crippen molar-refractivity contribution in [1.82, 2.24) is 0 Å². The first kappa shape index (κ1) is 107. The molecule has 0 amide bonds. The van der Waals surface area contributed by atoms with Gasteiger partial charge in [-0.25, -0.2) is 9.13 Å². The molecule has 0 saturated carbocycles. The molecule has 0 aromatic carbocycles. The van der Waals surface area contributed by atoms with E-state index in [1.165, 1.54) is 289 Å². The van der Waals surface area contributed by atoms with Crippen molar-refractivity contribution in [1.29, 1.82) is 0 Å². The number of phosphoric acid groups is 2. The van der Waals surface area contributed by atoms with E-state index in [-0.39, 0.29) is 25.7 Å². The average Bonchev–Trinajstić information content (AvgIpc) is 0.901. The summed E-state index contributed by atoms with van der Waals surface area (Å²) in [6.07, 6.45) is 72.2. The third kappa shape index (κ3) is 81.0. The Morgan fingerprint density at radius 2 is 0.468 bits per heavy atom. The van der Waals surface area contributed by atoms with E-state index in [1.807, 2.05) is 0 Å². The Bertz CT molecular complexity index is 2100. The smallest absolute Gasteiger partial charge is 0.462 e. The number of aliphatic hydroxyl groups excluding tert-OH is 1. The van der Waals surface area contributed by atoms with Crippen LogP contribution in [0.1, 0.15) is 479 Å². The largest absolute Gasteiger partial charge is 0.472 e. The van der Waals surface area contributed by atoms with E-state index in [0.717, 1.165) is 108 Å². The summed E-state index contributed by atoms with van der Waals surface area (Å²) in [6, 6.07) is 0. The number of hydrogen-bond donors (Lipinski definition) is 3. The lowest BCUT2D eigenvalue weighted by atomic mass is 9.99. The number of hydrogen-bond acceptors (Lipinski definition) is 15. The van der Waals surface area contributed by atoms with Crippen LogP contribution < -0.4 is 0 Å². The fourth-order valence-corrected chi connectivity index (χ4v) is 15.6. The van der Waals surface area contributed by atoms with E-state index in [0.29, 0.717) is 25.7 Å². The number of esters is 4. The highest BCUT2D eigenvalue weighted by Gasteiger charge is 2.31. The predicted octanol–water partition coefficient (Wildman–Crippen LogP) is 27.6. The van der Waals surface area contributed by atoms with Crippen molar-refractivity contribution in [3.8, 4) is 0 Å². The van der Waals surface area contributed by atoms with Gasteiger partial charge in [-0.1, -0.05) is 427 Å². The number of carbonyl (C=O) groups excluding carboxylic acids is 4. The van der Waals surface area contributed by atoms with Crippen LogP contribution in [0, 0.1) is 17.8 Å². The molecule has 0 fully saturated rings. The fraction of sp³-hybridized carbons (Fsp3) is 0.956. The fourth-order valence-electron chi connectivity index (χ4n) is 14.0. The highest BCUT2D eigenvalue weighted by Crippen LogP contribution is 2.45. The number of phosphoric ester groups is 2. The Hall–Kier alpha value is -1.94. The lowest BCUT2D eigenvalue weighted by Gasteiger charge is -2.21. The van der Waals surface area contributed by atoms with E-state index in [2.05, 4.69) is 48.5 Å². The third-order valence-corrected chi connectivity index (χ3v) is 23.8.